The van der Waals surface area contributed by atoms with Crippen LogP contribution in [0.1, 0.15) is 18.9 Å². The predicted octanol–water partition coefficient (Wildman–Crippen LogP) is 3.16. The third kappa shape index (κ3) is 3.91. The van der Waals surface area contributed by atoms with Gasteiger partial charge in [0.25, 0.3) is 5.91 Å². The second kappa shape index (κ2) is 6.67. The molecule has 5 nitrogen and oxygen atoms in total. The maximum atomic E-state index is 12.0. The van der Waals surface area contributed by atoms with Crippen LogP contribution in [0.25, 0.3) is 0 Å². The van der Waals surface area contributed by atoms with Crippen molar-refractivity contribution in [1.29, 1.82) is 0 Å². The number of amides is 1. The minimum atomic E-state index is -0.651. The summed E-state index contributed by atoms with van der Waals surface area (Å²) < 4.78 is 5.52. The molecule has 1 unspecified atom stereocenters. The second-order valence-corrected chi connectivity index (χ2v) is 5.56. The van der Waals surface area contributed by atoms with Crippen molar-refractivity contribution < 1.29 is 9.53 Å². The number of carbonyl (C=O) groups is 1. The summed E-state index contributed by atoms with van der Waals surface area (Å²) in [6.45, 7) is 3.65. The van der Waals surface area contributed by atoms with Crippen LogP contribution < -0.4 is 10.1 Å². The maximum absolute atomic E-state index is 12.0. The minimum absolute atomic E-state index is 0.274. The molecular weight excluding hydrogens is 298 g/mol. The van der Waals surface area contributed by atoms with Gasteiger partial charge in [0.15, 0.2) is 6.10 Å². The monoisotopic (exact) mass is 311 g/mol. The number of rotatable bonds is 5. The highest BCUT2D eigenvalue weighted by Crippen LogP contribution is 2.19. The number of anilines is 1. The predicted molar refractivity (Wildman–Crippen MR) is 79.5 cm³/mol. The lowest BCUT2D eigenvalue weighted by Crippen LogP contribution is -2.30. The van der Waals surface area contributed by atoms with E-state index in [9.17, 15) is 4.79 Å². The van der Waals surface area contributed by atoms with Crippen molar-refractivity contribution >= 4 is 34.0 Å². The Bertz CT molecular complexity index is 603. The van der Waals surface area contributed by atoms with Gasteiger partial charge in [0, 0.05) is 5.02 Å². The molecule has 0 spiro atoms. The number of ether oxygens (including phenoxy) is 1. The number of hydrogen-bond acceptors (Lipinski definition) is 5. The summed E-state index contributed by atoms with van der Waals surface area (Å²) in [5.74, 6) is 0.274. The van der Waals surface area contributed by atoms with E-state index in [0.29, 0.717) is 15.9 Å². The molecule has 0 saturated carbocycles. The number of benzene rings is 1. The molecule has 106 valence electrons. The Kier molecular flexibility index (Phi) is 4.92. The van der Waals surface area contributed by atoms with Crippen LogP contribution in [0.5, 0.6) is 5.75 Å². The van der Waals surface area contributed by atoms with Crippen LogP contribution in [0.2, 0.25) is 5.02 Å². The highest BCUT2D eigenvalue weighted by molar-refractivity contribution is 7.15. The van der Waals surface area contributed by atoms with Gasteiger partial charge in [-0.3, -0.25) is 10.1 Å². The largest absolute Gasteiger partial charge is 0.481 e. The number of aryl methyl sites for hydroxylation is 1. The summed E-state index contributed by atoms with van der Waals surface area (Å²) in [6.07, 6.45) is 0.143. The molecule has 1 heterocycles. The molecule has 7 heteroatoms. The van der Waals surface area contributed by atoms with Gasteiger partial charge in [-0.2, -0.15) is 0 Å². The van der Waals surface area contributed by atoms with Gasteiger partial charge in [0.2, 0.25) is 5.13 Å². The molecule has 2 aromatic rings. The van der Waals surface area contributed by atoms with Gasteiger partial charge in [-0.15, -0.1) is 10.2 Å². The first-order valence-electron chi connectivity index (χ1n) is 6.14. The van der Waals surface area contributed by atoms with E-state index < -0.39 is 6.10 Å². The summed E-state index contributed by atoms with van der Waals surface area (Å²) >= 11 is 7.22. The van der Waals surface area contributed by atoms with Gasteiger partial charge in [-0.25, -0.2) is 0 Å². The minimum Gasteiger partial charge on any atom is -0.481 e. The van der Waals surface area contributed by atoms with Crippen LogP contribution in [0.3, 0.4) is 0 Å². The van der Waals surface area contributed by atoms with E-state index in [1.165, 1.54) is 11.3 Å². The topological polar surface area (TPSA) is 64.1 Å². The van der Waals surface area contributed by atoms with Crippen LogP contribution in [-0.2, 0) is 11.2 Å². The van der Waals surface area contributed by atoms with E-state index in [1.54, 1.807) is 31.2 Å². The van der Waals surface area contributed by atoms with Crippen LogP contribution in [0.15, 0.2) is 24.3 Å². The Labute approximate surface area is 125 Å². The normalized spacial score (nSPS) is 11.9. The van der Waals surface area contributed by atoms with Gasteiger partial charge in [-0.05, 0) is 31.5 Å². The third-order valence-corrected chi connectivity index (χ3v) is 3.70. The van der Waals surface area contributed by atoms with Crippen molar-refractivity contribution in [2.45, 2.75) is 26.4 Å². The number of carbonyl (C=O) groups excluding carboxylic acids is 1. The van der Waals surface area contributed by atoms with Crippen molar-refractivity contribution in [3.05, 3.63) is 34.3 Å². The number of halogens is 1. The second-order valence-electron chi connectivity index (χ2n) is 4.06. The molecule has 0 saturated heterocycles. The number of nitrogens with zero attached hydrogens (tertiary/aromatic N) is 2. The van der Waals surface area contributed by atoms with Crippen molar-refractivity contribution in [3.63, 3.8) is 0 Å². The molecule has 1 aromatic carbocycles. The molecule has 1 atom stereocenters. The smallest absolute Gasteiger partial charge is 0.266 e. The number of hydrogen-bond donors (Lipinski definition) is 1. The Morgan fingerprint density at radius 3 is 2.95 bits per heavy atom. The van der Waals surface area contributed by atoms with Crippen LogP contribution >= 0.6 is 22.9 Å². The lowest BCUT2D eigenvalue weighted by atomic mass is 10.3. The Morgan fingerprint density at radius 1 is 1.50 bits per heavy atom. The quantitative estimate of drug-likeness (QED) is 0.921. The van der Waals surface area contributed by atoms with Crippen molar-refractivity contribution in [3.8, 4) is 5.75 Å². The summed E-state index contributed by atoms with van der Waals surface area (Å²) in [4.78, 5) is 12.0. The average molecular weight is 312 g/mol. The molecule has 0 bridgehead atoms. The van der Waals surface area contributed by atoms with Crippen molar-refractivity contribution in [1.82, 2.24) is 10.2 Å². The summed E-state index contributed by atoms with van der Waals surface area (Å²) in [7, 11) is 0. The maximum Gasteiger partial charge on any atom is 0.266 e. The lowest BCUT2D eigenvalue weighted by Gasteiger charge is -2.13. The van der Waals surface area contributed by atoms with E-state index in [0.717, 1.165) is 11.4 Å². The van der Waals surface area contributed by atoms with Gasteiger partial charge >= 0.3 is 0 Å². The third-order valence-electron chi connectivity index (χ3n) is 2.48. The van der Waals surface area contributed by atoms with Crippen molar-refractivity contribution in [2.75, 3.05) is 5.32 Å². The SMILES string of the molecule is CCc1nnc(NC(=O)C(C)Oc2cccc(Cl)c2)s1. The molecule has 1 amide bonds. The average Bonchev–Trinajstić information content (AvgIpc) is 2.86. The summed E-state index contributed by atoms with van der Waals surface area (Å²) in [6, 6.07) is 6.91. The van der Waals surface area contributed by atoms with Gasteiger partial charge in [-0.1, -0.05) is 35.9 Å². The van der Waals surface area contributed by atoms with Crippen LogP contribution in [0, 0.1) is 0 Å². The Morgan fingerprint density at radius 2 is 2.30 bits per heavy atom. The zero-order valence-electron chi connectivity index (χ0n) is 11.1. The zero-order chi connectivity index (χ0) is 14.5. The first-order valence-corrected chi connectivity index (χ1v) is 7.33. The van der Waals surface area contributed by atoms with Crippen molar-refractivity contribution in [2.24, 2.45) is 0 Å². The molecule has 0 fully saturated rings. The number of nitrogens with one attached hydrogen (secondary N) is 1. The molecule has 2 rings (SSSR count). The fourth-order valence-corrected chi connectivity index (χ4v) is 2.31. The number of aromatic nitrogens is 2. The summed E-state index contributed by atoms with van der Waals surface area (Å²) in [5.41, 5.74) is 0. The molecule has 0 aliphatic heterocycles. The first-order chi connectivity index (χ1) is 9.58. The van der Waals surface area contributed by atoms with E-state index >= 15 is 0 Å². The van der Waals surface area contributed by atoms with Gasteiger partial charge in [0.05, 0.1) is 0 Å². The van der Waals surface area contributed by atoms with Crippen LogP contribution in [0.4, 0.5) is 5.13 Å². The molecule has 1 N–H and O–H groups in total. The molecule has 0 aliphatic carbocycles. The van der Waals surface area contributed by atoms with Crippen LogP contribution in [-0.4, -0.2) is 22.2 Å². The fraction of sp³-hybridized carbons (Fsp3) is 0.308. The standard InChI is InChI=1S/C13H14ClN3O2S/c1-3-11-16-17-13(20-11)15-12(18)8(2)19-10-6-4-5-9(14)7-10/h4-8H,3H2,1-2H3,(H,15,17,18). The van der Waals surface area contributed by atoms with E-state index in [2.05, 4.69) is 15.5 Å². The highest BCUT2D eigenvalue weighted by atomic mass is 35.5. The highest BCUT2D eigenvalue weighted by Gasteiger charge is 2.16. The summed E-state index contributed by atoms with van der Waals surface area (Å²) in [5, 5.41) is 12.4. The molecular formula is C13H14ClN3O2S. The van der Waals surface area contributed by atoms with Gasteiger partial charge in [0.1, 0.15) is 10.8 Å². The van der Waals surface area contributed by atoms with E-state index in [4.69, 9.17) is 16.3 Å². The Hall–Kier alpha value is -1.66. The first kappa shape index (κ1) is 14.7. The van der Waals surface area contributed by atoms with E-state index in [-0.39, 0.29) is 5.91 Å². The molecule has 0 radical (unpaired) electrons. The zero-order valence-corrected chi connectivity index (χ0v) is 12.7. The fourth-order valence-electron chi connectivity index (χ4n) is 1.45. The van der Waals surface area contributed by atoms with E-state index in [1.807, 2.05) is 6.92 Å². The molecule has 0 aliphatic rings. The molecule has 1 aromatic heterocycles. The van der Waals surface area contributed by atoms with Gasteiger partial charge < -0.3 is 4.74 Å². The Balaban J connectivity index is 1.95. The molecule has 20 heavy (non-hydrogen) atoms. The lowest BCUT2D eigenvalue weighted by molar-refractivity contribution is -0.122.